The van der Waals surface area contributed by atoms with Crippen LogP contribution >= 0.6 is 0 Å². The first-order chi connectivity index (χ1) is 13.5. The molecule has 0 N–H and O–H groups in total. The molecule has 0 bridgehead atoms. The molecule has 2 amide bonds. The molecule has 0 atom stereocenters. The minimum atomic E-state index is -0.520. The summed E-state index contributed by atoms with van der Waals surface area (Å²) >= 11 is 0. The Morgan fingerprint density at radius 1 is 1.14 bits per heavy atom. The van der Waals surface area contributed by atoms with E-state index in [-0.39, 0.29) is 11.8 Å². The molecule has 2 aliphatic rings. The third kappa shape index (κ3) is 3.18. The lowest BCUT2D eigenvalue weighted by Crippen LogP contribution is -2.51. The van der Waals surface area contributed by atoms with Gasteiger partial charge in [0.15, 0.2) is 0 Å². The number of hydrogen-bond donors (Lipinski definition) is 0. The van der Waals surface area contributed by atoms with E-state index in [1.54, 1.807) is 6.20 Å². The molecule has 0 unspecified atom stereocenters. The molecule has 1 aromatic heterocycles. The fourth-order valence-corrected chi connectivity index (χ4v) is 4.42. The van der Waals surface area contributed by atoms with E-state index in [0.29, 0.717) is 39.0 Å². The monoisotopic (exact) mass is 378 g/mol. The molecule has 28 heavy (non-hydrogen) atoms. The number of likely N-dealkylation sites (N-methyl/N-ethyl adjacent to an activating group) is 1. The zero-order chi connectivity index (χ0) is 19.7. The van der Waals surface area contributed by atoms with Crippen molar-refractivity contribution in [2.75, 3.05) is 38.6 Å². The van der Waals surface area contributed by atoms with Crippen LogP contribution in [0.25, 0.3) is 0 Å². The van der Waals surface area contributed by atoms with Gasteiger partial charge in [0.1, 0.15) is 0 Å². The van der Waals surface area contributed by atoms with Gasteiger partial charge in [-0.2, -0.15) is 0 Å². The minimum Gasteiger partial charge on any atom is -0.341 e. The van der Waals surface area contributed by atoms with Gasteiger partial charge in [-0.15, -0.1) is 0 Å². The number of likely N-dealkylation sites (tertiary alicyclic amines) is 1. The lowest BCUT2D eigenvalue weighted by atomic mass is 9.73. The number of carbonyl (C=O) groups excluding carboxylic acids is 2. The van der Waals surface area contributed by atoms with Crippen LogP contribution in [-0.2, 0) is 21.5 Å². The number of piperidine rings is 1. The zero-order valence-corrected chi connectivity index (χ0v) is 16.5. The quantitative estimate of drug-likeness (QED) is 0.817. The number of pyridine rings is 1. The molecule has 1 fully saturated rings. The van der Waals surface area contributed by atoms with Crippen molar-refractivity contribution in [1.82, 2.24) is 14.8 Å². The third-order valence-corrected chi connectivity index (χ3v) is 5.85. The number of hydrogen-bond acceptors (Lipinski definition) is 4. The molecule has 1 spiro atoms. The van der Waals surface area contributed by atoms with E-state index in [1.807, 2.05) is 65.3 Å². The smallest absolute Gasteiger partial charge is 0.238 e. The first-order valence-corrected chi connectivity index (χ1v) is 9.74. The van der Waals surface area contributed by atoms with Crippen molar-refractivity contribution in [3.8, 4) is 0 Å². The van der Waals surface area contributed by atoms with Crippen LogP contribution in [0.3, 0.4) is 0 Å². The number of nitrogens with zero attached hydrogens (tertiary/aromatic N) is 4. The molecule has 6 nitrogen and oxygen atoms in total. The highest BCUT2D eigenvalue weighted by atomic mass is 16.2. The van der Waals surface area contributed by atoms with E-state index in [4.69, 9.17) is 0 Å². The number of para-hydroxylation sites is 1. The van der Waals surface area contributed by atoms with Gasteiger partial charge in [-0.1, -0.05) is 24.3 Å². The molecule has 0 radical (unpaired) electrons. The van der Waals surface area contributed by atoms with Gasteiger partial charge in [0.05, 0.1) is 18.5 Å². The maximum absolute atomic E-state index is 13.6. The molecule has 146 valence electrons. The van der Waals surface area contributed by atoms with Gasteiger partial charge in [0, 0.05) is 31.2 Å². The Balaban J connectivity index is 1.59. The number of anilines is 1. The number of fused-ring (bicyclic) bond motifs is 2. The molecular formula is C22H26N4O2. The van der Waals surface area contributed by atoms with E-state index < -0.39 is 5.41 Å². The number of amides is 2. The second-order valence-electron chi connectivity index (χ2n) is 7.97. The highest BCUT2D eigenvalue weighted by molar-refractivity contribution is 6.08. The largest absolute Gasteiger partial charge is 0.341 e. The summed E-state index contributed by atoms with van der Waals surface area (Å²) in [4.78, 5) is 35.9. The molecule has 4 rings (SSSR count). The number of aromatic nitrogens is 1. The lowest BCUT2D eigenvalue weighted by Gasteiger charge is -2.39. The first kappa shape index (κ1) is 18.6. The van der Waals surface area contributed by atoms with Gasteiger partial charge in [0.25, 0.3) is 0 Å². The Kier molecular flexibility index (Phi) is 4.89. The molecule has 6 heteroatoms. The van der Waals surface area contributed by atoms with Crippen LogP contribution in [0, 0.1) is 0 Å². The second kappa shape index (κ2) is 7.36. The summed E-state index contributed by atoms with van der Waals surface area (Å²) in [7, 11) is 3.80. The number of carbonyl (C=O) groups is 2. The van der Waals surface area contributed by atoms with E-state index in [9.17, 15) is 9.59 Å². The minimum absolute atomic E-state index is 0.130. The van der Waals surface area contributed by atoms with E-state index >= 15 is 0 Å². The van der Waals surface area contributed by atoms with Crippen molar-refractivity contribution in [2.24, 2.45) is 0 Å². The van der Waals surface area contributed by atoms with Gasteiger partial charge in [0.2, 0.25) is 11.8 Å². The maximum Gasteiger partial charge on any atom is 0.238 e. The Labute approximate surface area is 165 Å². The van der Waals surface area contributed by atoms with Crippen LogP contribution in [-0.4, -0.2) is 60.3 Å². The van der Waals surface area contributed by atoms with Crippen LogP contribution in [0.15, 0.2) is 48.8 Å². The predicted molar refractivity (Wildman–Crippen MR) is 108 cm³/mol. The summed E-state index contributed by atoms with van der Waals surface area (Å²) in [6.07, 6.45) is 4.89. The Morgan fingerprint density at radius 2 is 1.89 bits per heavy atom. The molecule has 2 aliphatic heterocycles. The highest BCUT2D eigenvalue weighted by Crippen LogP contribution is 2.48. The maximum atomic E-state index is 13.6. The van der Waals surface area contributed by atoms with Crippen LogP contribution < -0.4 is 4.90 Å². The van der Waals surface area contributed by atoms with Gasteiger partial charge >= 0.3 is 0 Å². The summed E-state index contributed by atoms with van der Waals surface area (Å²) in [5.74, 6) is 0.281. The standard InChI is InChI=1S/C22H26N4O2/c1-24(2)16-20(27)25-12-9-22(10-13-25)18-7-3-4-8-19(18)26(21(22)28)15-17-6-5-11-23-14-17/h3-8,11,14H,9-10,12-13,15-16H2,1-2H3. The summed E-state index contributed by atoms with van der Waals surface area (Å²) in [5, 5.41) is 0. The van der Waals surface area contributed by atoms with Gasteiger partial charge in [-0.05, 0) is 50.2 Å². The number of benzene rings is 1. The number of rotatable bonds is 4. The van der Waals surface area contributed by atoms with Crippen molar-refractivity contribution < 1.29 is 9.59 Å². The van der Waals surface area contributed by atoms with Crippen LogP contribution in [0.2, 0.25) is 0 Å². The molecule has 0 saturated carbocycles. The van der Waals surface area contributed by atoms with Crippen LogP contribution in [0.4, 0.5) is 5.69 Å². The molecule has 0 aliphatic carbocycles. The Hall–Kier alpha value is -2.73. The average Bonchev–Trinajstić information content (AvgIpc) is 2.92. The molecule has 3 heterocycles. The molecule has 1 aromatic carbocycles. The summed E-state index contributed by atoms with van der Waals surface area (Å²) < 4.78 is 0. The average molecular weight is 378 g/mol. The van der Waals surface area contributed by atoms with Gasteiger partial charge in [-0.25, -0.2) is 0 Å². The van der Waals surface area contributed by atoms with E-state index in [2.05, 4.69) is 11.1 Å². The molecule has 2 aromatic rings. The Morgan fingerprint density at radius 3 is 2.57 bits per heavy atom. The van der Waals surface area contributed by atoms with Gasteiger partial charge in [-0.3, -0.25) is 14.6 Å². The van der Waals surface area contributed by atoms with Gasteiger partial charge < -0.3 is 14.7 Å². The van der Waals surface area contributed by atoms with Crippen molar-refractivity contribution in [2.45, 2.75) is 24.8 Å². The highest BCUT2D eigenvalue weighted by Gasteiger charge is 2.52. The molecular weight excluding hydrogens is 352 g/mol. The van der Waals surface area contributed by atoms with Crippen molar-refractivity contribution >= 4 is 17.5 Å². The fraction of sp³-hybridized carbons (Fsp3) is 0.409. The van der Waals surface area contributed by atoms with Crippen molar-refractivity contribution in [3.05, 3.63) is 59.9 Å². The summed E-state index contributed by atoms with van der Waals surface area (Å²) in [5.41, 5.74) is 2.59. The van der Waals surface area contributed by atoms with Crippen molar-refractivity contribution in [1.29, 1.82) is 0 Å². The first-order valence-electron chi connectivity index (χ1n) is 9.74. The zero-order valence-electron chi connectivity index (χ0n) is 16.5. The summed E-state index contributed by atoms with van der Waals surface area (Å²) in [6.45, 7) is 2.17. The van der Waals surface area contributed by atoms with E-state index in [1.165, 1.54) is 0 Å². The Bertz CT molecular complexity index is 873. The van der Waals surface area contributed by atoms with Crippen molar-refractivity contribution in [3.63, 3.8) is 0 Å². The van der Waals surface area contributed by atoms with Crippen LogP contribution in [0.1, 0.15) is 24.0 Å². The normalized spacial score (nSPS) is 18.0. The summed E-state index contributed by atoms with van der Waals surface area (Å²) in [6, 6.07) is 12.0. The van der Waals surface area contributed by atoms with Crippen LogP contribution in [0.5, 0.6) is 0 Å². The van der Waals surface area contributed by atoms with E-state index in [0.717, 1.165) is 16.8 Å². The predicted octanol–water partition coefficient (Wildman–Crippen LogP) is 2.05. The fourth-order valence-electron chi connectivity index (χ4n) is 4.42. The SMILES string of the molecule is CN(C)CC(=O)N1CCC2(CC1)C(=O)N(Cc1cccnc1)c1ccccc12. The topological polar surface area (TPSA) is 56.8 Å². The third-order valence-electron chi connectivity index (χ3n) is 5.85. The molecule has 1 saturated heterocycles. The second-order valence-corrected chi connectivity index (χ2v) is 7.97. The lowest BCUT2D eigenvalue weighted by molar-refractivity contribution is -0.136.